The van der Waals surface area contributed by atoms with E-state index in [4.69, 9.17) is 11.6 Å². The predicted molar refractivity (Wildman–Crippen MR) is 82.1 cm³/mol. The van der Waals surface area contributed by atoms with Crippen LogP contribution in [-0.2, 0) is 0 Å². The lowest BCUT2D eigenvalue weighted by atomic mass is 10.2. The molecule has 0 aliphatic heterocycles. The number of carbonyl (C=O) groups excluding carboxylic acids is 1. The molecule has 0 unspecified atom stereocenters. The van der Waals surface area contributed by atoms with Gasteiger partial charge in [-0.05, 0) is 30.3 Å². The molecule has 0 atom stereocenters. The second-order valence-electron chi connectivity index (χ2n) is 4.69. The molecule has 5 nitrogen and oxygen atoms in total. The van der Waals surface area contributed by atoms with Crippen LogP contribution in [0.4, 0.5) is 0 Å². The Balaban J connectivity index is 2.14. The molecule has 0 aliphatic rings. The van der Waals surface area contributed by atoms with Gasteiger partial charge >= 0.3 is 0 Å². The van der Waals surface area contributed by atoms with E-state index in [2.05, 4.69) is 5.10 Å². The van der Waals surface area contributed by atoms with Crippen LogP contribution in [0.1, 0.15) is 15.9 Å². The van der Waals surface area contributed by atoms with E-state index in [1.165, 1.54) is 0 Å². The van der Waals surface area contributed by atoms with E-state index < -0.39 is 0 Å². The van der Waals surface area contributed by atoms with Crippen molar-refractivity contribution in [2.75, 3.05) is 0 Å². The molecule has 3 aromatic rings. The zero-order valence-electron chi connectivity index (χ0n) is 11.3. The second kappa shape index (κ2) is 5.13. The minimum Gasteiger partial charge on any atom is -0.316 e. The van der Waals surface area contributed by atoms with Gasteiger partial charge in [0, 0.05) is 22.8 Å². The van der Waals surface area contributed by atoms with Crippen molar-refractivity contribution >= 4 is 23.0 Å². The normalized spacial score (nSPS) is 11.7. The third kappa shape index (κ3) is 2.14. The number of benzene rings is 2. The second-order valence-corrected chi connectivity index (χ2v) is 4.69. The molecule has 0 bridgehead atoms. The Morgan fingerprint density at radius 2 is 1.81 bits per heavy atom. The summed E-state index contributed by atoms with van der Waals surface area (Å²) in [6.45, 7) is 0. The van der Waals surface area contributed by atoms with Gasteiger partial charge in [-0.2, -0.15) is 5.10 Å². The molecule has 0 spiro atoms. The first kappa shape index (κ1) is 12.9. The highest BCUT2D eigenvalue weighted by Crippen LogP contribution is 2.23. The number of carbonyl (C=O) groups is 1. The molecule has 0 aliphatic carbocycles. The van der Waals surface area contributed by atoms with E-state index in [0.717, 1.165) is 28.4 Å². The summed E-state index contributed by atoms with van der Waals surface area (Å²) < 4.78 is 1.98. The lowest BCUT2D eigenvalue weighted by Gasteiger charge is -2.05. The van der Waals surface area contributed by atoms with Crippen LogP contribution in [0.3, 0.4) is 0 Å². The van der Waals surface area contributed by atoms with Crippen molar-refractivity contribution in [2.24, 2.45) is 11.6 Å². The maximum absolute atomic E-state index is 11.2. The van der Waals surface area contributed by atoms with Gasteiger partial charge in [-0.3, -0.25) is 16.4 Å². The van der Waals surface area contributed by atoms with Crippen molar-refractivity contribution in [2.45, 2.75) is 0 Å². The Morgan fingerprint density at radius 3 is 2.48 bits per heavy atom. The largest absolute Gasteiger partial charge is 0.316 e. The summed E-state index contributed by atoms with van der Waals surface area (Å²) in [7, 11) is 0. The summed E-state index contributed by atoms with van der Waals surface area (Å²) in [4.78, 5) is 11.2. The molecule has 2 aromatic carbocycles. The van der Waals surface area contributed by atoms with Crippen LogP contribution in [0.25, 0.3) is 16.6 Å². The minimum absolute atomic E-state index is 0.410. The lowest BCUT2D eigenvalue weighted by molar-refractivity contribution is -0.469. The Morgan fingerprint density at radius 1 is 1.10 bits per heavy atom. The highest BCUT2D eigenvalue weighted by molar-refractivity contribution is 5.98. The molecule has 0 saturated heterocycles. The first-order chi connectivity index (χ1) is 10.2. The van der Waals surface area contributed by atoms with Gasteiger partial charge in [0.1, 0.15) is 0 Å². The smallest absolute Gasteiger partial charge is 0.295 e. The number of aromatic nitrogens is 1. The fourth-order valence-electron chi connectivity index (χ4n) is 2.40. The van der Waals surface area contributed by atoms with Gasteiger partial charge in [0.25, 0.3) is 5.84 Å². The number of nitrogens with zero attached hydrogens (tertiary/aromatic N) is 1. The lowest BCUT2D eigenvalue weighted by Crippen LogP contribution is -2.82. The molecule has 0 radical (unpaired) electrons. The summed E-state index contributed by atoms with van der Waals surface area (Å²) in [5.74, 6) is 5.70. The van der Waals surface area contributed by atoms with Gasteiger partial charge in [-0.15, -0.1) is 0 Å². The number of nitrogens with one attached hydrogen (secondary N) is 1. The highest BCUT2D eigenvalue weighted by Gasteiger charge is 2.09. The van der Waals surface area contributed by atoms with Gasteiger partial charge in [0.2, 0.25) is 0 Å². The number of para-hydroxylation sites is 1. The molecule has 104 valence electrons. The monoisotopic (exact) mass is 279 g/mol. The number of hydrogen-bond donors (Lipinski definition) is 3. The summed E-state index contributed by atoms with van der Waals surface area (Å²) in [6, 6.07) is 15.4. The molecule has 21 heavy (non-hydrogen) atoms. The number of hydrogen-bond acceptors (Lipinski definition) is 2. The Kier molecular flexibility index (Phi) is 3.16. The molecule has 0 saturated carbocycles. The average Bonchev–Trinajstić information content (AvgIpc) is 2.93. The minimum atomic E-state index is 0.410. The molecular weight excluding hydrogens is 264 g/mol. The van der Waals surface area contributed by atoms with Crippen molar-refractivity contribution in [3.8, 4) is 5.69 Å². The number of nitrogens with two attached hydrogens (primary N) is 2. The Hall–Kier alpha value is -3.08. The highest BCUT2D eigenvalue weighted by atomic mass is 16.1. The fraction of sp³-hybridized carbons (Fsp3) is 0. The number of fused-ring (bicyclic) bond motifs is 1. The van der Waals surface area contributed by atoms with E-state index in [1.54, 1.807) is 0 Å². The molecule has 5 heteroatoms. The number of nitrogen functional groups attached to an aromatic ring is 1. The molecule has 1 aromatic heterocycles. The van der Waals surface area contributed by atoms with Crippen LogP contribution >= 0.6 is 0 Å². The summed E-state index contributed by atoms with van der Waals surface area (Å²) in [5.41, 5.74) is 9.15. The third-order valence-electron chi connectivity index (χ3n) is 3.48. The van der Waals surface area contributed by atoms with E-state index in [9.17, 15) is 4.79 Å². The van der Waals surface area contributed by atoms with Crippen LogP contribution in [0.2, 0.25) is 0 Å². The van der Waals surface area contributed by atoms with Gasteiger partial charge < -0.3 is 4.57 Å². The number of hydrazone groups is 1. The molecule has 0 amide bonds. The summed E-state index contributed by atoms with van der Waals surface area (Å²) in [6.07, 6.45) is 2.71. The van der Waals surface area contributed by atoms with E-state index >= 15 is 0 Å². The summed E-state index contributed by atoms with van der Waals surface area (Å²) >= 11 is 0. The number of rotatable bonds is 3. The first-order valence-electron chi connectivity index (χ1n) is 6.49. The van der Waals surface area contributed by atoms with Crippen molar-refractivity contribution in [3.63, 3.8) is 0 Å². The van der Waals surface area contributed by atoms with Crippen molar-refractivity contribution in [1.29, 1.82) is 0 Å². The summed E-state index contributed by atoms with van der Waals surface area (Å²) in [5, 5.41) is 3.36. The van der Waals surface area contributed by atoms with Crippen molar-refractivity contribution in [3.05, 3.63) is 65.9 Å². The third-order valence-corrected chi connectivity index (χ3v) is 3.48. The quantitative estimate of drug-likeness (QED) is 0.209. The van der Waals surface area contributed by atoms with Gasteiger partial charge in [-0.25, -0.2) is 0 Å². The van der Waals surface area contributed by atoms with Crippen LogP contribution in [0.15, 0.2) is 54.7 Å². The molecule has 5 N–H and O–H groups in total. The van der Waals surface area contributed by atoms with Crippen LogP contribution in [0.5, 0.6) is 0 Å². The number of aldehydes is 1. The average molecular weight is 279 g/mol. The van der Waals surface area contributed by atoms with E-state index in [-0.39, 0.29) is 0 Å². The molecular formula is C16H15N4O+. The SMILES string of the molecule is N/[NH+]=C(\N)c1ccc(-n2cc(C=O)c3ccccc32)cc1. The maximum Gasteiger partial charge on any atom is 0.295 e. The predicted octanol–water partition coefficient (Wildman–Crippen LogP) is 0.103. The van der Waals surface area contributed by atoms with Gasteiger partial charge in [-0.1, -0.05) is 18.2 Å². The zero-order chi connectivity index (χ0) is 14.8. The van der Waals surface area contributed by atoms with Gasteiger partial charge in [0.05, 0.1) is 11.1 Å². The van der Waals surface area contributed by atoms with Crippen molar-refractivity contribution < 1.29 is 9.90 Å². The van der Waals surface area contributed by atoms with Crippen molar-refractivity contribution in [1.82, 2.24) is 4.57 Å². The van der Waals surface area contributed by atoms with E-state index in [0.29, 0.717) is 11.4 Å². The molecule has 0 fully saturated rings. The Labute approximate surface area is 121 Å². The number of amidine groups is 1. The number of hydrazine groups is 1. The molecule has 3 rings (SSSR count). The standard InChI is InChI=1S/C16H14N4O/c17-16(19-18)11-5-7-13(8-6-11)20-9-12(10-21)14-3-1-2-4-15(14)20/h1-10H,18H2,(H2,17,19)/p+1. The van der Waals surface area contributed by atoms with E-state index in [1.807, 2.05) is 59.3 Å². The van der Waals surface area contributed by atoms with Crippen LogP contribution in [0, 0.1) is 0 Å². The van der Waals surface area contributed by atoms with Gasteiger partial charge in [0.15, 0.2) is 6.29 Å². The first-order valence-corrected chi connectivity index (χ1v) is 6.49. The zero-order valence-corrected chi connectivity index (χ0v) is 11.3. The fourth-order valence-corrected chi connectivity index (χ4v) is 2.40. The Bertz CT molecular complexity index is 831. The maximum atomic E-state index is 11.2. The topological polar surface area (TPSA) is 88.0 Å². The van der Waals surface area contributed by atoms with Crippen LogP contribution in [-0.4, -0.2) is 16.7 Å². The van der Waals surface area contributed by atoms with Crippen LogP contribution < -0.4 is 16.7 Å². The molecule has 1 heterocycles.